The van der Waals surface area contributed by atoms with Crippen LogP contribution in [0.15, 0.2) is 58.3 Å². The quantitative estimate of drug-likeness (QED) is 0.152. The molecule has 0 heterocycles. The normalized spacial score (nSPS) is 10.5. The van der Waals surface area contributed by atoms with E-state index in [1.54, 1.807) is 0 Å². The lowest BCUT2D eigenvalue weighted by Crippen LogP contribution is -1.82. The van der Waals surface area contributed by atoms with Crippen molar-refractivity contribution in [1.82, 2.24) is 0 Å². The first-order valence-corrected chi connectivity index (χ1v) is 12.9. The van der Waals surface area contributed by atoms with E-state index in [2.05, 4.69) is 86.1 Å². The van der Waals surface area contributed by atoms with Gasteiger partial charge in [0.2, 0.25) is 0 Å². The van der Waals surface area contributed by atoms with Crippen molar-refractivity contribution in [2.24, 2.45) is 0 Å². The second kappa shape index (κ2) is 12.6. The Hall–Kier alpha value is -2.00. The van der Waals surface area contributed by atoms with Crippen LogP contribution in [0.1, 0.15) is 52.4 Å². The van der Waals surface area contributed by atoms with Crippen LogP contribution in [0.3, 0.4) is 0 Å². The first-order valence-electron chi connectivity index (χ1n) is 11.0. The van der Waals surface area contributed by atoms with Gasteiger partial charge in [0, 0.05) is 22.6 Å². The molecule has 3 aromatic rings. The predicted octanol–water partition coefficient (Wildman–Crippen LogP) is 8.56. The van der Waals surface area contributed by atoms with Gasteiger partial charge in [0.1, 0.15) is 0 Å². The minimum absolute atomic E-state index is 0.866. The molecule has 0 amide bonds. The number of rotatable bonds is 8. The Morgan fingerprint density at radius 3 is 1.50 bits per heavy atom. The first kappa shape index (κ1) is 22.7. The van der Waals surface area contributed by atoms with Gasteiger partial charge >= 0.3 is 0 Å². The van der Waals surface area contributed by atoms with Gasteiger partial charge in [-0.1, -0.05) is 62.8 Å². The summed E-state index contributed by atoms with van der Waals surface area (Å²) in [7, 11) is 0. The van der Waals surface area contributed by atoms with Gasteiger partial charge in [-0.3, -0.25) is 0 Å². The van der Waals surface area contributed by atoms with Crippen LogP contribution >= 0.6 is 23.5 Å². The van der Waals surface area contributed by atoms with Crippen molar-refractivity contribution in [3.8, 4) is 23.7 Å². The Labute approximate surface area is 190 Å². The molecule has 0 atom stereocenters. The molecule has 0 radical (unpaired) electrons. The van der Waals surface area contributed by atoms with Crippen LogP contribution in [0.25, 0.3) is 21.5 Å². The minimum atomic E-state index is 0.866. The number of fused-ring (bicyclic) bond motifs is 3. The standard InChI is InChI=1S/C28H30S2/c1-3-5-7-9-11-19-29-25-15-17-27-23(21-25)13-14-24-22-26(16-18-28(24)27)30-20-12-10-8-6-4-2/h13-18,21-22H,3-8,19-20H2,1-2H3. The van der Waals surface area contributed by atoms with Gasteiger partial charge in [0.05, 0.1) is 11.5 Å². The van der Waals surface area contributed by atoms with Crippen LogP contribution in [0, 0.1) is 23.7 Å². The van der Waals surface area contributed by atoms with E-state index in [-0.39, 0.29) is 0 Å². The molecule has 0 aromatic heterocycles. The molecule has 0 saturated heterocycles. The number of hydrogen-bond acceptors (Lipinski definition) is 2. The van der Waals surface area contributed by atoms with Crippen LogP contribution in [-0.2, 0) is 0 Å². The SMILES string of the molecule is CCCCC#CCSc1ccc2c(ccc3cc(SCC#CCCCC)ccc32)c1. The molecule has 154 valence electrons. The summed E-state index contributed by atoms with van der Waals surface area (Å²) >= 11 is 3.65. The minimum Gasteiger partial charge on any atom is -0.113 e. The highest BCUT2D eigenvalue weighted by atomic mass is 32.2. The molecular formula is C28H30S2. The molecule has 30 heavy (non-hydrogen) atoms. The Balaban J connectivity index is 1.67. The summed E-state index contributed by atoms with van der Waals surface area (Å²) in [4.78, 5) is 2.58. The van der Waals surface area contributed by atoms with E-state index >= 15 is 0 Å². The molecule has 0 N–H and O–H groups in total. The van der Waals surface area contributed by atoms with Gasteiger partial charge in [-0.05, 0) is 58.7 Å². The van der Waals surface area contributed by atoms with Gasteiger partial charge in [-0.2, -0.15) is 0 Å². The molecule has 0 saturated carbocycles. The Morgan fingerprint density at radius 1 is 0.600 bits per heavy atom. The summed E-state index contributed by atoms with van der Waals surface area (Å²) < 4.78 is 0. The maximum atomic E-state index is 3.28. The highest BCUT2D eigenvalue weighted by Crippen LogP contribution is 2.31. The molecule has 0 unspecified atom stereocenters. The van der Waals surface area contributed by atoms with Gasteiger partial charge in [0.15, 0.2) is 0 Å². The zero-order chi connectivity index (χ0) is 21.0. The lowest BCUT2D eigenvalue weighted by Gasteiger charge is -2.07. The van der Waals surface area contributed by atoms with Gasteiger partial charge in [-0.25, -0.2) is 0 Å². The molecule has 0 spiro atoms. The molecule has 0 aliphatic carbocycles. The highest BCUT2D eigenvalue weighted by molar-refractivity contribution is 7.99. The third-order valence-electron chi connectivity index (χ3n) is 4.96. The van der Waals surface area contributed by atoms with Crippen molar-refractivity contribution in [1.29, 1.82) is 0 Å². The Bertz CT molecular complexity index is 1000. The fourth-order valence-corrected chi connectivity index (χ4v) is 4.69. The van der Waals surface area contributed by atoms with Crippen LogP contribution in [0.5, 0.6) is 0 Å². The Kier molecular flexibility index (Phi) is 9.56. The van der Waals surface area contributed by atoms with Crippen molar-refractivity contribution >= 4 is 45.1 Å². The van der Waals surface area contributed by atoms with Crippen molar-refractivity contribution in [3.63, 3.8) is 0 Å². The summed E-state index contributed by atoms with van der Waals surface area (Å²) in [5, 5.41) is 5.24. The van der Waals surface area contributed by atoms with Gasteiger partial charge in [0.25, 0.3) is 0 Å². The van der Waals surface area contributed by atoms with Crippen LogP contribution in [0.4, 0.5) is 0 Å². The average molecular weight is 431 g/mol. The van der Waals surface area contributed by atoms with Crippen LogP contribution in [-0.4, -0.2) is 11.5 Å². The monoisotopic (exact) mass is 430 g/mol. The molecule has 2 heteroatoms. The topological polar surface area (TPSA) is 0 Å². The lowest BCUT2D eigenvalue weighted by molar-refractivity contribution is 0.828. The van der Waals surface area contributed by atoms with E-state index < -0.39 is 0 Å². The summed E-state index contributed by atoms with van der Waals surface area (Å²) in [6.45, 7) is 4.41. The van der Waals surface area contributed by atoms with E-state index in [4.69, 9.17) is 0 Å². The van der Waals surface area contributed by atoms with E-state index in [0.29, 0.717) is 0 Å². The largest absolute Gasteiger partial charge is 0.113 e. The second-order valence-electron chi connectivity index (χ2n) is 7.32. The summed E-state index contributed by atoms with van der Waals surface area (Å²) in [5.41, 5.74) is 0. The number of unbranched alkanes of at least 4 members (excludes halogenated alkanes) is 4. The molecular weight excluding hydrogens is 400 g/mol. The maximum Gasteiger partial charge on any atom is 0.0594 e. The van der Waals surface area contributed by atoms with Crippen molar-refractivity contribution in [2.75, 3.05) is 11.5 Å². The molecule has 0 fully saturated rings. The zero-order valence-electron chi connectivity index (χ0n) is 18.1. The first-order chi connectivity index (χ1) is 14.8. The van der Waals surface area contributed by atoms with Gasteiger partial charge in [-0.15, -0.1) is 35.4 Å². The predicted molar refractivity (Wildman–Crippen MR) is 138 cm³/mol. The lowest BCUT2D eigenvalue weighted by atomic mass is 10.0. The van der Waals surface area contributed by atoms with Crippen molar-refractivity contribution in [2.45, 2.75) is 62.2 Å². The van der Waals surface area contributed by atoms with E-state index in [9.17, 15) is 0 Å². The van der Waals surface area contributed by atoms with E-state index in [1.807, 2.05) is 23.5 Å². The van der Waals surface area contributed by atoms with E-state index in [0.717, 1.165) is 24.3 Å². The summed E-state index contributed by atoms with van der Waals surface area (Å²) in [6, 6.07) is 18.1. The summed E-state index contributed by atoms with van der Waals surface area (Å²) in [6.07, 6.45) is 6.88. The molecule has 0 nitrogen and oxygen atoms in total. The number of benzene rings is 3. The third kappa shape index (κ3) is 6.77. The molecule has 0 aliphatic heterocycles. The van der Waals surface area contributed by atoms with E-state index in [1.165, 1.54) is 57.0 Å². The van der Waals surface area contributed by atoms with Crippen molar-refractivity contribution < 1.29 is 0 Å². The van der Waals surface area contributed by atoms with Gasteiger partial charge < -0.3 is 0 Å². The second-order valence-corrected chi connectivity index (χ2v) is 9.42. The highest BCUT2D eigenvalue weighted by Gasteiger charge is 2.04. The molecule has 3 rings (SSSR count). The van der Waals surface area contributed by atoms with Crippen molar-refractivity contribution in [3.05, 3.63) is 48.5 Å². The van der Waals surface area contributed by atoms with Crippen LogP contribution in [0.2, 0.25) is 0 Å². The number of thioether (sulfide) groups is 2. The average Bonchev–Trinajstić information content (AvgIpc) is 2.78. The Morgan fingerprint density at radius 2 is 1.07 bits per heavy atom. The zero-order valence-corrected chi connectivity index (χ0v) is 19.7. The summed E-state index contributed by atoms with van der Waals surface area (Å²) in [5.74, 6) is 14.8. The maximum absolute atomic E-state index is 3.28. The number of hydrogen-bond donors (Lipinski definition) is 0. The fourth-order valence-electron chi connectivity index (χ4n) is 3.26. The molecule has 3 aromatic carbocycles. The fraction of sp³-hybridized carbons (Fsp3) is 0.357. The molecule has 0 aliphatic rings. The molecule has 0 bridgehead atoms. The van der Waals surface area contributed by atoms with Crippen LogP contribution < -0.4 is 0 Å². The third-order valence-corrected chi connectivity index (χ3v) is 6.71. The smallest absolute Gasteiger partial charge is 0.0594 e.